The van der Waals surface area contributed by atoms with Gasteiger partial charge in [-0.2, -0.15) is 0 Å². The first-order valence-corrected chi connectivity index (χ1v) is 10.6. The van der Waals surface area contributed by atoms with Crippen LogP contribution in [0.1, 0.15) is 36.1 Å². The van der Waals surface area contributed by atoms with E-state index in [1.165, 1.54) is 5.56 Å². The summed E-state index contributed by atoms with van der Waals surface area (Å²) in [6.07, 6.45) is 1.07. The van der Waals surface area contributed by atoms with Crippen molar-refractivity contribution in [1.82, 2.24) is 0 Å². The lowest BCUT2D eigenvalue weighted by atomic mass is 9.80. The minimum absolute atomic E-state index is 0.633. The van der Waals surface area contributed by atoms with E-state index >= 15 is 0 Å². The van der Waals surface area contributed by atoms with Gasteiger partial charge < -0.3 is 4.74 Å². The van der Waals surface area contributed by atoms with Gasteiger partial charge in [0.15, 0.2) is 5.60 Å². The zero-order chi connectivity index (χ0) is 20.8. The lowest BCUT2D eigenvalue weighted by Gasteiger charge is -2.36. The van der Waals surface area contributed by atoms with Gasteiger partial charge in [-0.25, -0.2) is 0 Å². The molecule has 0 saturated heterocycles. The molecule has 0 heterocycles. The van der Waals surface area contributed by atoms with Crippen LogP contribution in [0.3, 0.4) is 0 Å². The van der Waals surface area contributed by atoms with Crippen molar-refractivity contribution in [2.24, 2.45) is 5.92 Å². The summed E-state index contributed by atoms with van der Waals surface area (Å²) in [7, 11) is 0. The summed E-state index contributed by atoms with van der Waals surface area (Å²) >= 11 is 0. The van der Waals surface area contributed by atoms with Gasteiger partial charge in [0.05, 0.1) is 0 Å². The smallest absolute Gasteiger partial charge is 0.184 e. The summed E-state index contributed by atoms with van der Waals surface area (Å²) < 4.78 is 6.92. The fraction of sp³-hybridized carbons (Fsp3) is 0.172. The molecule has 0 spiro atoms. The van der Waals surface area contributed by atoms with E-state index in [2.05, 4.69) is 111 Å². The first kappa shape index (κ1) is 20.0. The maximum absolute atomic E-state index is 6.92. The van der Waals surface area contributed by atoms with E-state index in [1.807, 2.05) is 18.2 Å². The molecule has 1 heteroatoms. The lowest BCUT2D eigenvalue weighted by molar-refractivity contribution is 0.155. The fourth-order valence-corrected chi connectivity index (χ4v) is 4.04. The number of hydrogen-bond acceptors (Lipinski definition) is 1. The van der Waals surface area contributed by atoms with Crippen molar-refractivity contribution in [3.63, 3.8) is 0 Å². The van der Waals surface area contributed by atoms with E-state index < -0.39 is 5.60 Å². The monoisotopic (exact) mass is 392 g/mol. The van der Waals surface area contributed by atoms with Gasteiger partial charge in [-0.05, 0) is 30.0 Å². The van der Waals surface area contributed by atoms with Gasteiger partial charge in [0.25, 0.3) is 0 Å². The molecule has 0 radical (unpaired) electrons. The van der Waals surface area contributed by atoms with Crippen molar-refractivity contribution in [3.05, 3.63) is 138 Å². The molecule has 0 aromatic heterocycles. The number of benzene rings is 4. The van der Waals surface area contributed by atoms with Crippen LogP contribution in [0, 0.1) is 5.92 Å². The van der Waals surface area contributed by atoms with Crippen molar-refractivity contribution in [3.8, 4) is 5.75 Å². The fourth-order valence-electron chi connectivity index (χ4n) is 4.04. The number of ether oxygens (including phenoxy) is 1. The topological polar surface area (TPSA) is 9.23 Å². The maximum atomic E-state index is 6.92. The van der Waals surface area contributed by atoms with Crippen LogP contribution in [-0.2, 0) is 12.0 Å². The zero-order valence-electron chi connectivity index (χ0n) is 17.7. The Hall–Kier alpha value is -3.32. The highest BCUT2D eigenvalue weighted by atomic mass is 16.5. The van der Waals surface area contributed by atoms with Crippen LogP contribution in [0.2, 0.25) is 0 Å². The van der Waals surface area contributed by atoms with Crippen LogP contribution in [0.15, 0.2) is 115 Å². The standard InChI is InChI=1S/C29H28O/c1-23(2)22-24-18-20-28(21-19-24)30-29(25-12-6-3-7-13-25,26-14-8-4-9-15-26)27-16-10-5-11-17-27/h3-21,23H,22H2,1-2H3. The highest BCUT2D eigenvalue weighted by Gasteiger charge is 2.38. The van der Waals surface area contributed by atoms with E-state index in [9.17, 15) is 0 Å². The van der Waals surface area contributed by atoms with Gasteiger partial charge in [-0.1, -0.05) is 117 Å². The minimum atomic E-state index is -0.733. The third kappa shape index (κ3) is 4.16. The van der Waals surface area contributed by atoms with Crippen LogP contribution in [0.4, 0.5) is 0 Å². The molecule has 0 bridgehead atoms. The van der Waals surface area contributed by atoms with Gasteiger partial charge >= 0.3 is 0 Å². The average molecular weight is 393 g/mol. The molecule has 4 rings (SSSR count). The van der Waals surface area contributed by atoms with Crippen LogP contribution in [-0.4, -0.2) is 0 Å². The third-order valence-corrected chi connectivity index (χ3v) is 5.38. The highest BCUT2D eigenvalue weighted by molar-refractivity contribution is 5.49. The SMILES string of the molecule is CC(C)Cc1ccc(OC(c2ccccc2)(c2ccccc2)c2ccccc2)cc1. The van der Waals surface area contributed by atoms with Crippen molar-refractivity contribution in [2.75, 3.05) is 0 Å². The number of rotatable bonds is 7. The van der Waals surface area contributed by atoms with Crippen LogP contribution in [0.25, 0.3) is 0 Å². The van der Waals surface area contributed by atoms with Gasteiger partial charge in [-0.3, -0.25) is 0 Å². The Bertz CT molecular complexity index is 939. The molecular weight excluding hydrogens is 364 g/mol. The Morgan fingerprint density at radius 2 is 0.967 bits per heavy atom. The Kier molecular flexibility index (Phi) is 5.99. The van der Waals surface area contributed by atoms with Gasteiger partial charge in [0.1, 0.15) is 5.75 Å². The molecule has 0 saturated carbocycles. The van der Waals surface area contributed by atoms with E-state index in [1.54, 1.807) is 0 Å². The third-order valence-electron chi connectivity index (χ3n) is 5.38. The summed E-state index contributed by atoms with van der Waals surface area (Å²) in [5.74, 6) is 1.49. The van der Waals surface area contributed by atoms with Gasteiger partial charge in [0.2, 0.25) is 0 Å². The van der Waals surface area contributed by atoms with E-state index in [4.69, 9.17) is 4.74 Å². The lowest BCUT2D eigenvalue weighted by Crippen LogP contribution is -2.36. The van der Waals surface area contributed by atoms with Crippen LogP contribution >= 0.6 is 0 Å². The van der Waals surface area contributed by atoms with Gasteiger partial charge in [0, 0.05) is 16.7 Å². The second kappa shape index (κ2) is 9.00. The van der Waals surface area contributed by atoms with E-state index in [0.717, 1.165) is 28.9 Å². The normalized spacial score (nSPS) is 11.4. The van der Waals surface area contributed by atoms with Crippen LogP contribution < -0.4 is 4.74 Å². The van der Waals surface area contributed by atoms with Gasteiger partial charge in [-0.15, -0.1) is 0 Å². The molecule has 30 heavy (non-hydrogen) atoms. The zero-order valence-corrected chi connectivity index (χ0v) is 17.7. The van der Waals surface area contributed by atoms with Crippen molar-refractivity contribution >= 4 is 0 Å². The van der Waals surface area contributed by atoms with Crippen molar-refractivity contribution < 1.29 is 4.74 Å². The summed E-state index contributed by atoms with van der Waals surface area (Å²) in [4.78, 5) is 0. The summed E-state index contributed by atoms with van der Waals surface area (Å²) in [6.45, 7) is 4.49. The van der Waals surface area contributed by atoms with E-state index in [-0.39, 0.29) is 0 Å². The molecule has 1 nitrogen and oxygen atoms in total. The Labute approximate surface area is 180 Å². The highest BCUT2D eigenvalue weighted by Crippen LogP contribution is 2.41. The summed E-state index contributed by atoms with van der Waals surface area (Å²) in [5.41, 5.74) is 3.92. The molecule has 0 fully saturated rings. The van der Waals surface area contributed by atoms with Crippen molar-refractivity contribution in [2.45, 2.75) is 25.9 Å². The summed E-state index contributed by atoms with van der Waals surface area (Å²) in [5, 5.41) is 0. The predicted molar refractivity (Wildman–Crippen MR) is 125 cm³/mol. The minimum Gasteiger partial charge on any atom is -0.473 e. The first-order valence-electron chi connectivity index (χ1n) is 10.6. The summed E-state index contributed by atoms with van der Waals surface area (Å²) in [6, 6.07) is 40.0. The second-order valence-electron chi connectivity index (χ2n) is 8.12. The molecule has 150 valence electrons. The Morgan fingerprint density at radius 3 is 1.33 bits per heavy atom. The number of hydrogen-bond donors (Lipinski definition) is 0. The van der Waals surface area contributed by atoms with E-state index in [0.29, 0.717) is 5.92 Å². The Balaban J connectivity index is 1.87. The molecule has 0 N–H and O–H groups in total. The first-order chi connectivity index (χ1) is 14.7. The Morgan fingerprint density at radius 1 is 0.567 bits per heavy atom. The van der Waals surface area contributed by atoms with Crippen molar-refractivity contribution in [1.29, 1.82) is 0 Å². The van der Waals surface area contributed by atoms with Crippen LogP contribution in [0.5, 0.6) is 5.75 Å². The average Bonchev–Trinajstić information content (AvgIpc) is 2.80. The predicted octanol–water partition coefficient (Wildman–Crippen LogP) is 7.26. The quantitative estimate of drug-likeness (QED) is 0.301. The second-order valence-corrected chi connectivity index (χ2v) is 8.12. The molecule has 0 aliphatic heterocycles. The molecule has 0 aliphatic rings. The maximum Gasteiger partial charge on any atom is 0.184 e. The molecule has 4 aromatic rings. The molecule has 4 aromatic carbocycles. The molecule has 0 amide bonds. The molecule has 0 aliphatic carbocycles. The molecule has 0 atom stereocenters. The largest absolute Gasteiger partial charge is 0.473 e. The molecular formula is C29H28O. The molecule has 0 unspecified atom stereocenters.